The van der Waals surface area contributed by atoms with Crippen molar-refractivity contribution in [2.45, 2.75) is 25.8 Å². The van der Waals surface area contributed by atoms with Gasteiger partial charge in [-0.15, -0.1) is 0 Å². The van der Waals surface area contributed by atoms with Gasteiger partial charge in [0.1, 0.15) is 0 Å². The van der Waals surface area contributed by atoms with Gasteiger partial charge >= 0.3 is 0 Å². The van der Waals surface area contributed by atoms with Crippen molar-refractivity contribution >= 4 is 5.91 Å². The summed E-state index contributed by atoms with van der Waals surface area (Å²) in [7, 11) is 1.86. The van der Waals surface area contributed by atoms with Gasteiger partial charge in [0.2, 0.25) is 5.91 Å². The van der Waals surface area contributed by atoms with E-state index in [0.29, 0.717) is 18.9 Å². The number of allylic oxidation sites excluding steroid dienone is 2. The van der Waals surface area contributed by atoms with Gasteiger partial charge in [-0.3, -0.25) is 4.79 Å². The second-order valence-corrected chi connectivity index (χ2v) is 5.85. The number of aromatic nitrogens is 2. The first-order valence-corrected chi connectivity index (χ1v) is 7.72. The van der Waals surface area contributed by atoms with Gasteiger partial charge in [0.25, 0.3) is 0 Å². The minimum Gasteiger partial charge on any atom is -0.341 e. The zero-order valence-electron chi connectivity index (χ0n) is 12.9. The van der Waals surface area contributed by atoms with Gasteiger partial charge in [0.15, 0.2) is 0 Å². The summed E-state index contributed by atoms with van der Waals surface area (Å²) in [4.78, 5) is 14.0. The van der Waals surface area contributed by atoms with Gasteiger partial charge in [0, 0.05) is 31.8 Å². The molecule has 0 fully saturated rings. The van der Waals surface area contributed by atoms with Gasteiger partial charge in [-0.25, -0.2) is 4.68 Å². The van der Waals surface area contributed by atoms with Crippen molar-refractivity contribution in [3.63, 3.8) is 0 Å². The normalized spacial score (nSPS) is 16.9. The molecule has 3 rings (SSSR count). The fourth-order valence-corrected chi connectivity index (χ4v) is 2.77. The van der Waals surface area contributed by atoms with Gasteiger partial charge in [-0.2, -0.15) is 5.10 Å². The third-order valence-corrected chi connectivity index (χ3v) is 4.05. The maximum atomic E-state index is 12.2. The predicted octanol–water partition coefficient (Wildman–Crippen LogP) is 3.19. The van der Waals surface area contributed by atoms with Crippen LogP contribution < -0.4 is 0 Å². The molecule has 4 nitrogen and oxygen atoms in total. The highest BCUT2D eigenvalue weighted by molar-refractivity contribution is 5.76. The Morgan fingerprint density at radius 2 is 2.18 bits per heavy atom. The standard InChI is InChI=1S/C18H21N3O/c1-20(18(22)11-15-7-5-6-8-15)13-16-12-19-21(14-16)17-9-3-2-4-10-17/h2-5,7,9-10,12,14-15H,6,8,11,13H2,1H3/t15-/m0/s1. The molecule has 0 spiro atoms. The van der Waals surface area contributed by atoms with Crippen LogP contribution in [0, 0.1) is 5.92 Å². The van der Waals surface area contributed by atoms with Crippen LogP contribution in [0.4, 0.5) is 0 Å². The summed E-state index contributed by atoms with van der Waals surface area (Å²) in [5.74, 6) is 0.617. The zero-order chi connectivity index (χ0) is 15.4. The molecule has 4 heteroatoms. The number of carbonyl (C=O) groups excluding carboxylic acids is 1. The van der Waals surface area contributed by atoms with Gasteiger partial charge in [-0.05, 0) is 30.9 Å². The first-order valence-electron chi connectivity index (χ1n) is 7.72. The fraction of sp³-hybridized carbons (Fsp3) is 0.333. The Kier molecular flexibility index (Phi) is 4.37. The quantitative estimate of drug-likeness (QED) is 0.795. The average Bonchev–Trinajstić information content (AvgIpc) is 3.20. The lowest BCUT2D eigenvalue weighted by Gasteiger charge is -2.18. The number of para-hydroxylation sites is 1. The van der Waals surface area contributed by atoms with Gasteiger partial charge in [0.05, 0.1) is 11.9 Å². The van der Waals surface area contributed by atoms with Crippen LogP contribution in [0.15, 0.2) is 54.9 Å². The molecule has 1 heterocycles. The Labute approximate surface area is 131 Å². The maximum absolute atomic E-state index is 12.2. The number of hydrogen-bond acceptors (Lipinski definition) is 2. The summed E-state index contributed by atoms with van der Waals surface area (Å²) >= 11 is 0. The third kappa shape index (κ3) is 3.45. The number of hydrogen-bond donors (Lipinski definition) is 0. The first-order chi connectivity index (χ1) is 10.7. The van der Waals surface area contributed by atoms with E-state index in [1.165, 1.54) is 0 Å². The Bertz CT molecular complexity index is 660. The minimum absolute atomic E-state index is 0.198. The van der Waals surface area contributed by atoms with Crippen LogP contribution >= 0.6 is 0 Å². The number of carbonyl (C=O) groups is 1. The van der Waals surface area contributed by atoms with Crippen LogP contribution in [-0.4, -0.2) is 27.6 Å². The highest BCUT2D eigenvalue weighted by Crippen LogP contribution is 2.21. The third-order valence-electron chi connectivity index (χ3n) is 4.05. The minimum atomic E-state index is 0.198. The van der Waals surface area contributed by atoms with Crippen molar-refractivity contribution in [2.75, 3.05) is 7.05 Å². The fourth-order valence-electron chi connectivity index (χ4n) is 2.77. The second-order valence-electron chi connectivity index (χ2n) is 5.85. The molecular formula is C18H21N3O. The summed E-state index contributed by atoms with van der Waals surface area (Å²) in [6, 6.07) is 9.98. The highest BCUT2D eigenvalue weighted by atomic mass is 16.2. The summed E-state index contributed by atoms with van der Waals surface area (Å²) in [5.41, 5.74) is 2.07. The topological polar surface area (TPSA) is 38.1 Å². The lowest BCUT2D eigenvalue weighted by molar-refractivity contribution is -0.131. The zero-order valence-corrected chi connectivity index (χ0v) is 12.9. The van der Waals surface area contributed by atoms with E-state index < -0.39 is 0 Å². The molecule has 0 radical (unpaired) electrons. The van der Waals surface area contributed by atoms with E-state index in [1.807, 2.05) is 54.5 Å². The van der Waals surface area contributed by atoms with Crippen molar-refractivity contribution < 1.29 is 4.79 Å². The Morgan fingerprint density at radius 1 is 1.36 bits per heavy atom. The number of amides is 1. The van der Waals surface area contributed by atoms with Gasteiger partial charge < -0.3 is 4.90 Å². The number of benzene rings is 1. The summed E-state index contributed by atoms with van der Waals surface area (Å²) < 4.78 is 1.84. The Hall–Kier alpha value is -2.36. The van der Waals surface area contributed by atoms with E-state index in [-0.39, 0.29) is 5.91 Å². The predicted molar refractivity (Wildman–Crippen MR) is 86.5 cm³/mol. The lowest BCUT2D eigenvalue weighted by Crippen LogP contribution is -2.27. The van der Waals surface area contributed by atoms with E-state index in [9.17, 15) is 4.79 Å². The Balaban J connectivity index is 1.59. The SMILES string of the molecule is CN(Cc1cnn(-c2ccccc2)c1)C(=O)C[C@H]1C=CCC1. The molecule has 0 N–H and O–H groups in total. The van der Waals surface area contributed by atoms with Crippen LogP contribution in [0.3, 0.4) is 0 Å². The smallest absolute Gasteiger partial charge is 0.223 e. The van der Waals surface area contributed by atoms with Crippen molar-refractivity contribution in [2.24, 2.45) is 5.92 Å². The van der Waals surface area contributed by atoms with Crippen LogP contribution in [-0.2, 0) is 11.3 Å². The van der Waals surface area contributed by atoms with E-state index in [0.717, 1.165) is 24.1 Å². The molecule has 2 aromatic rings. The van der Waals surface area contributed by atoms with E-state index in [4.69, 9.17) is 0 Å². The van der Waals surface area contributed by atoms with Crippen LogP contribution in [0.1, 0.15) is 24.8 Å². The Morgan fingerprint density at radius 3 is 2.91 bits per heavy atom. The van der Waals surface area contributed by atoms with Crippen molar-refractivity contribution in [3.8, 4) is 5.69 Å². The second kappa shape index (κ2) is 6.60. The molecule has 1 aliphatic rings. The molecule has 0 aliphatic heterocycles. The maximum Gasteiger partial charge on any atom is 0.223 e. The molecule has 1 aromatic carbocycles. The molecule has 1 amide bonds. The molecular weight excluding hydrogens is 274 g/mol. The molecule has 0 unspecified atom stereocenters. The van der Waals surface area contributed by atoms with Crippen LogP contribution in [0.2, 0.25) is 0 Å². The molecule has 0 saturated carbocycles. The highest BCUT2D eigenvalue weighted by Gasteiger charge is 2.17. The van der Waals surface area contributed by atoms with Crippen LogP contribution in [0.25, 0.3) is 5.69 Å². The number of rotatable bonds is 5. The van der Waals surface area contributed by atoms with Crippen molar-refractivity contribution in [3.05, 3.63) is 60.4 Å². The summed E-state index contributed by atoms with van der Waals surface area (Å²) in [6.07, 6.45) is 11.0. The largest absolute Gasteiger partial charge is 0.341 e. The van der Waals surface area contributed by atoms with E-state index in [1.54, 1.807) is 4.90 Å². The molecule has 0 bridgehead atoms. The van der Waals surface area contributed by atoms with E-state index in [2.05, 4.69) is 17.3 Å². The van der Waals surface area contributed by atoms with Crippen LogP contribution in [0.5, 0.6) is 0 Å². The molecule has 114 valence electrons. The number of nitrogens with zero attached hydrogens (tertiary/aromatic N) is 3. The summed E-state index contributed by atoms with van der Waals surface area (Å²) in [5, 5.41) is 4.37. The molecule has 1 aromatic heterocycles. The van der Waals surface area contributed by atoms with Gasteiger partial charge in [-0.1, -0.05) is 30.4 Å². The lowest BCUT2D eigenvalue weighted by atomic mass is 10.0. The monoisotopic (exact) mass is 295 g/mol. The van der Waals surface area contributed by atoms with E-state index >= 15 is 0 Å². The molecule has 1 aliphatic carbocycles. The van der Waals surface area contributed by atoms with Crippen molar-refractivity contribution in [1.29, 1.82) is 0 Å². The van der Waals surface area contributed by atoms with Crippen molar-refractivity contribution in [1.82, 2.24) is 14.7 Å². The molecule has 0 saturated heterocycles. The molecule has 1 atom stereocenters. The summed E-state index contributed by atoms with van der Waals surface area (Å²) in [6.45, 7) is 0.599. The average molecular weight is 295 g/mol. The molecule has 22 heavy (non-hydrogen) atoms. The first kappa shape index (κ1) is 14.6.